The van der Waals surface area contributed by atoms with E-state index in [0.29, 0.717) is 22.4 Å². The van der Waals surface area contributed by atoms with Crippen LogP contribution in [0, 0.1) is 0 Å². The SMILES string of the molecule is NCC(C(=O)Nc1ccc2cnccc2c1)c1cccc2c1N=COB2O. The molecule has 1 atom stereocenters. The van der Waals surface area contributed by atoms with Crippen LogP contribution in [0.3, 0.4) is 0 Å². The molecule has 2 aromatic carbocycles. The summed E-state index contributed by atoms with van der Waals surface area (Å²) in [5.41, 5.74) is 8.26. The minimum atomic E-state index is -1.10. The zero-order valence-electron chi connectivity index (χ0n) is 14.4. The molecular formula is C19H17BN4O3. The molecule has 27 heavy (non-hydrogen) atoms. The molecule has 4 N–H and O–H groups in total. The third-order valence-corrected chi connectivity index (χ3v) is 4.57. The van der Waals surface area contributed by atoms with Gasteiger partial charge >= 0.3 is 7.12 Å². The van der Waals surface area contributed by atoms with Gasteiger partial charge in [0.1, 0.15) is 0 Å². The number of anilines is 1. The van der Waals surface area contributed by atoms with E-state index in [1.807, 2.05) is 24.3 Å². The van der Waals surface area contributed by atoms with Crippen LogP contribution in [0.5, 0.6) is 0 Å². The summed E-state index contributed by atoms with van der Waals surface area (Å²) in [6, 6.07) is 12.7. The summed E-state index contributed by atoms with van der Waals surface area (Å²) in [4.78, 5) is 21.2. The van der Waals surface area contributed by atoms with Crippen LogP contribution in [0.25, 0.3) is 10.8 Å². The molecule has 0 aliphatic carbocycles. The molecule has 0 fully saturated rings. The maximum Gasteiger partial charge on any atom is 0.562 e. The number of amides is 1. The van der Waals surface area contributed by atoms with Gasteiger partial charge in [-0.15, -0.1) is 0 Å². The number of hydrogen-bond acceptors (Lipinski definition) is 6. The number of carbonyl (C=O) groups excluding carboxylic acids is 1. The van der Waals surface area contributed by atoms with Crippen molar-refractivity contribution < 1.29 is 14.5 Å². The number of rotatable bonds is 4. The number of nitrogens with zero attached hydrogens (tertiary/aromatic N) is 2. The maximum atomic E-state index is 12.9. The van der Waals surface area contributed by atoms with Gasteiger partial charge in [-0.25, -0.2) is 4.99 Å². The number of carbonyl (C=O) groups is 1. The largest absolute Gasteiger partial charge is 0.562 e. The van der Waals surface area contributed by atoms with Crippen molar-refractivity contribution in [2.45, 2.75) is 5.92 Å². The second kappa shape index (κ2) is 7.18. The standard InChI is InChI=1S/C19H17BN4O3/c21-9-16(15-2-1-3-17-18(15)23-11-27-20(17)26)19(25)24-14-5-4-13-10-22-7-6-12(13)8-14/h1-8,10-11,16,26H,9,21H2,(H,24,25). The zero-order valence-corrected chi connectivity index (χ0v) is 14.4. The van der Waals surface area contributed by atoms with Gasteiger partial charge in [0.25, 0.3) is 0 Å². The Kier molecular flexibility index (Phi) is 4.58. The molecule has 1 unspecified atom stereocenters. The first-order chi connectivity index (χ1) is 13.2. The van der Waals surface area contributed by atoms with Gasteiger partial charge in [0.15, 0.2) is 6.40 Å². The fourth-order valence-electron chi connectivity index (χ4n) is 3.19. The molecule has 0 radical (unpaired) electrons. The van der Waals surface area contributed by atoms with Crippen molar-refractivity contribution in [3.8, 4) is 0 Å². The Bertz CT molecular complexity index is 1040. The molecular weight excluding hydrogens is 343 g/mol. The number of fused-ring (bicyclic) bond motifs is 2. The molecule has 7 nitrogen and oxygen atoms in total. The minimum Gasteiger partial charge on any atom is -0.524 e. The predicted octanol–water partition coefficient (Wildman–Crippen LogP) is 1.29. The van der Waals surface area contributed by atoms with E-state index in [0.717, 1.165) is 10.8 Å². The summed E-state index contributed by atoms with van der Waals surface area (Å²) in [7, 11) is -1.10. The van der Waals surface area contributed by atoms with Gasteiger partial charge in [0.2, 0.25) is 5.91 Å². The lowest BCUT2D eigenvalue weighted by Gasteiger charge is -2.21. The van der Waals surface area contributed by atoms with E-state index in [2.05, 4.69) is 15.3 Å². The summed E-state index contributed by atoms with van der Waals surface area (Å²) in [5.74, 6) is -0.856. The summed E-state index contributed by atoms with van der Waals surface area (Å²) in [6.07, 6.45) is 4.66. The van der Waals surface area contributed by atoms with E-state index in [9.17, 15) is 9.82 Å². The molecule has 0 saturated heterocycles. The van der Waals surface area contributed by atoms with E-state index >= 15 is 0 Å². The predicted molar refractivity (Wildman–Crippen MR) is 105 cm³/mol. The molecule has 2 heterocycles. The van der Waals surface area contributed by atoms with Crippen LogP contribution in [0.15, 0.2) is 59.9 Å². The van der Waals surface area contributed by atoms with Crippen LogP contribution >= 0.6 is 0 Å². The molecule has 0 spiro atoms. The third-order valence-electron chi connectivity index (χ3n) is 4.57. The fourth-order valence-corrected chi connectivity index (χ4v) is 3.19. The minimum absolute atomic E-state index is 0.103. The van der Waals surface area contributed by atoms with Crippen LogP contribution in [0.4, 0.5) is 11.4 Å². The van der Waals surface area contributed by atoms with Gasteiger partial charge in [-0.3, -0.25) is 9.78 Å². The molecule has 134 valence electrons. The van der Waals surface area contributed by atoms with Gasteiger partial charge in [-0.1, -0.05) is 24.3 Å². The van der Waals surface area contributed by atoms with E-state index in [1.165, 1.54) is 6.40 Å². The highest BCUT2D eigenvalue weighted by Gasteiger charge is 2.30. The number of para-hydroxylation sites is 1. The van der Waals surface area contributed by atoms with Crippen LogP contribution in [0.1, 0.15) is 11.5 Å². The average Bonchev–Trinajstić information content (AvgIpc) is 2.69. The van der Waals surface area contributed by atoms with Crippen molar-refractivity contribution in [3.05, 3.63) is 60.4 Å². The van der Waals surface area contributed by atoms with Crippen LogP contribution in [-0.4, -0.2) is 36.0 Å². The van der Waals surface area contributed by atoms with Gasteiger partial charge in [0.05, 0.1) is 11.6 Å². The van der Waals surface area contributed by atoms with Gasteiger partial charge in [-0.05, 0) is 29.1 Å². The number of nitrogens with two attached hydrogens (primary N) is 1. The molecule has 1 aromatic heterocycles. The Morgan fingerprint density at radius 3 is 3.00 bits per heavy atom. The van der Waals surface area contributed by atoms with Crippen LogP contribution < -0.4 is 16.5 Å². The Morgan fingerprint density at radius 1 is 1.26 bits per heavy atom. The lowest BCUT2D eigenvalue weighted by atomic mass is 9.75. The highest BCUT2D eigenvalue weighted by molar-refractivity contribution is 6.63. The van der Waals surface area contributed by atoms with Crippen molar-refractivity contribution in [2.24, 2.45) is 10.7 Å². The van der Waals surface area contributed by atoms with Crippen molar-refractivity contribution in [1.29, 1.82) is 0 Å². The maximum absolute atomic E-state index is 12.9. The molecule has 1 aliphatic rings. The normalized spacial score (nSPS) is 13.8. The van der Waals surface area contributed by atoms with Gasteiger partial charge in [0, 0.05) is 35.5 Å². The zero-order chi connectivity index (χ0) is 18.8. The molecule has 0 bridgehead atoms. The quantitative estimate of drug-likeness (QED) is 0.608. The summed E-state index contributed by atoms with van der Waals surface area (Å²) in [6.45, 7) is 0.103. The number of benzene rings is 2. The number of pyridine rings is 1. The summed E-state index contributed by atoms with van der Waals surface area (Å²) in [5, 5.41) is 14.9. The molecule has 8 heteroatoms. The topological polar surface area (TPSA) is 110 Å². The van der Waals surface area contributed by atoms with Crippen molar-refractivity contribution in [2.75, 3.05) is 11.9 Å². The third kappa shape index (κ3) is 3.28. The van der Waals surface area contributed by atoms with Gasteiger partial charge in [-0.2, -0.15) is 0 Å². The Balaban J connectivity index is 1.64. The molecule has 3 aromatic rings. The molecule has 1 aliphatic heterocycles. The number of hydrogen-bond donors (Lipinski definition) is 3. The highest BCUT2D eigenvalue weighted by atomic mass is 16.5. The lowest BCUT2D eigenvalue weighted by molar-refractivity contribution is -0.117. The van der Waals surface area contributed by atoms with Crippen LogP contribution in [-0.2, 0) is 9.45 Å². The second-order valence-electron chi connectivity index (χ2n) is 6.22. The number of nitrogens with one attached hydrogen (secondary N) is 1. The number of aliphatic imine (C=N–C) groups is 1. The summed E-state index contributed by atoms with van der Waals surface area (Å²) >= 11 is 0. The average molecular weight is 360 g/mol. The summed E-state index contributed by atoms with van der Waals surface area (Å²) < 4.78 is 5.00. The Hall–Kier alpha value is -3.23. The van der Waals surface area contributed by atoms with Crippen molar-refractivity contribution in [3.63, 3.8) is 0 Å². The van der Waals surface area contributed by atoms with E-state index in [4.69, 9.17) is 10.4 Å². The molecule has 0 saturated carbocycles. The highest BCUT2D eigenvalue weighted by Crippen LogP contribution is 2.28. The molecule has 4 rings (SSSR count). The first-order valence-corrected chi connectivity index (χ1v) is 8.51. The smallest absolute Gasteiger partial charge is 0.524 e. The van der Waals surface area contributed by atoms with E-state index in [-0.39, 0.29) is 12.5 Å². The monoisotopic (exact) mass is 360 g/mol. The Morgan fingerprint density at radius 2 is 2.15 bits per heavy atom. The fraction of sp³-hybridized carbons (Fsp3) is 0.105. The molecule has 1 amide bonds. The first kappa shape index (κ1) is 17.2. The second-order valence-corrected chi connectivity index (χ2v) is 6.22. The number of aromatic nitrogens is 1. The van der Waals surface area contributed by atoms with Crippen LogP contribution in [0.2, 0.25) is 0 Å². The van der Waals surface area contributed by atoms with E-state index in [1.54, 1.807) is 30.6 Å². The lowest BCUT2D eigenvalue weighted by Crippen LogP contribution is -2.37. The first-order valence-electron chi connectivity index (χ1n) is 8.51. The van der Waals surface area contributed by atoms with E-state index < -0.39 is 13.0 Å². The Labute approximate surface area is 156 Å². The van der Waals surface area contributed by atoms with Gasteiger partial charge < -0.3 is 20.7 Å². The van der Waals surface area contributed by atoms with Crippen molar-refractivity contribution in [1.82, 2.24) is 4.98 Å². The van der Waals surface area contributed by atoms with Crippen molar-refractivity contribution >= 4 is 47.0 Å².